The standard InChI is InChI=1S/C19H25N3O5S/c1-2-26-14-16-6-4-3-5-15(16)12-21-19(23)18-11-17(13-20-18)28(24,25)22-7-9-27-10-8-22/h3-6,11,13,20H,2,7-10,12,14H2,1H3,(H,21,23). The Morgan fingerprint density at radius 3 is 2.68 bits per heavy atom. The van der Waals surface area contributed by atoms with Crippen molar-refractivity contribution in [1.82, 2.24) is 14.6 Å². The summed E-state index contributed by atoms with van der Waals surface area (Å²) in [5, 5.41) is 2.82. The number of morpholine rings is 1. The highest BCUT2D eigenvalue weighted by Gasteiger charge is 2.27. The molecule has 1 aromatic heterocycles. The van der Waals surface area contributed by atoms with Crippen molar-refractivity contribution in [2.45, 2.75) is 25.0 Å². The molecule has 8 nitrogen and oxygen atoms in total. The van der Waals surface area contributed by atoms with Crippen molar-refractivity contribution < 1.29 is 22.7 Å². The summed E-state index contributed by atoms with van der Waals surface area (Å²) in [4.78, 5) is 15.3. The molecule has 0 aliphatic carbocycles. The summed E-state index contributed by atoms with van der Waals surface area (Å²) in [5.41, 5.74) is 2.16. The molecule has 2 aromatic rings. The highest BCUT2D eigenvalue weighted by Crippen LogP contribution is 2.18. The van der Waals surface area contributed by atoms with E-state index in [0.717, 1.165) is 11.1 Å². The van der Waals surface area contributed by atoms with Crippen molar-refractivity contribution in [3.8, 4) is 0 Å². The molecule has 152 valence electrons. The van der Waals surface area contributed by atoms with Gasteiger partial charge >= 0.3 is 0 Å². The third-order valence-corrected chi connectivity index (χ3v) is 6.40. The normalized spacial score (nSPS) is 15.5. The molecule has 9 heteroatoms. The Balaban J connectivity index is 1.65. The highest BCUT2D eigenvalue weighted by atomic mass is 32.2. The summed E-state index contributed by atoms with van der Waals surface area (Å²) < 4.78 is 37.3. The summed E-state index contributed by atoms with van der Waals surface area (Å²) in [7, 11) is -3.63. The van der Waals surface area contributed by atoms with Gasteiger partial charge in [-0.15, -0.1) is 0 Å². The van der Waals surface area contributed by atoms with Gasteiger partial charge in [0.1, 0.15) is 10.6 Å². The van der Waals surface area contributed by atoms with Gasteiger partial charge in [0.2, 0.25) is 10.0 Å². The number of nitrogens with one attached hydrogen (secondary N) is 2. The molecular weight excluding hydrogens is 382 g/mol. The number of benzene rings is 1. The maximum atomic E-state index is 12.7. The van der Waals surface area contributed by atoms with Gasteiger partial charge in [-0.05, 0) is 24.1 Å². The Labute approximate surface area is 164 Å². The van der Waals surface area contributed by atoms with Crippen molar-refractivity contribution >= 4 is 15.9 Å². The predicted octanol–water partition coefficient (Wildman–Crippen LogP) is 1.50. The molecule has 1 fully saturated rings. The van der Waals surface area contributed by atoms with E-state index in [1.807, 2.05) is 31.2 Å². The van der Waals surface area contributed by atoms with Crippen LogP contribution in [-0.2, 0) is 32.6 Å². The summed E-state index contributed by atoms with van der Waals surface area (Å²) in [5.74, 6) is -0.366. The van der Waals surface area contributed by atoms with Crippen LogP contribution < -0.4 is 5.32 Å². The zero-order chi connectivity index (χ0) is 20.0. The van der Waals surface area contributed by atoms with E-state index in [-0.39, 0.29) is 16.5 Å². The zero-order valence-corrected chi connectivity index (χ0v) is 16.6. The first-order chi connectivity index (χ1) is 13.5. The first kappa shape index (κ1) is 20.5. The third kappa shape index (κ3) is 4.79. The number of aromatic nitrogens is 1. The van der Waals surface area contributed by atoms with Gasteiger partial charge in [0.25, 0.3) is 5.91 Å². The fourth-order valence-corrected chi connectivity index (χ4v) is 4.35. The van der Waals surface area contributed by atoms with Crippen molar-refractivity contribution in [2.24, 2.45) is 0 Å². The molecular formula is C19H25N3O5S. The fourth-order valence-electron chi connectivity index (χ4n) is 2.94. The minimum atomic E-state index is -3.63. The smallest absolute Gasteiger partial charge is 0.268 e. The molecule has 1 aliphatic heterocycles. The molecule has 1 amide bonds. The Bertz CT molecular complexity index is 904. The second-order valence-corrected chi connectivity index (χ2v) is 8.29. The van der Waals surface area contributed by atoms with Gasteiger partial charge in [-0.1, -0.05) is 24.3 Å². The van der Waals surface area contributed by atoms with Gasteiger partial charge in [0.05, 0.1) is 19.8 Å². The summed E-state index contributed by atoms with van der Waals surface area (Å²) in [6, 6.07) is 9.08. The molecule has 1 aliphatic rings. The Morgan fingerprint density at radius 2 is 1.96 bits per heavy atom. The average molecular weight is 407 g/mol. The van der Waals surface area contributed by atoms with Gasteiger partial charge in [0.15, 0.2) is 0 Å². The first-order valence-corrected chi connectivity index (χ1v) is 10.7. The van der Waals surface area contributed by atoms with Crippen LogP contribution in [0.15, 0.2) is 41.4 Å². The van der Waals surface area contributed by atoms with Crippen LogP contribution in [0.5, 0.6) is 0 Å². The van der Waals surface area contributed by atoms with Gasteiger partial charge < -0.3 is 19.8 Å². The molecule has 1 saturated heterocycles. The lowest BCUT2D eigenvalue weighted by atomic mass is 10.1. The van der Waals surface area contributed by atoms with Crippen LogP contribution in [0.4, 0.5) is 0 Å². The van der Waals surface area contributed by atoms with Crippen LogP contribution in [0, 0.1) is 0 Å². The van der Waals surface area contributed by atoms with Gasteiger partial charge in [-0.3, -0.25) is 4.79 Å². The second kappa shape index (κ2) is 9.33. The van der Waals surface area contributed by atoms with Crippen LogP contribution in [0.2, 0.25) is 0 Å². The number of sulfonamides is 1. The van der Waals surface area contributed by atoms with Gasteiger partial charge in [-0.25, -0.2) is 8.42 Å². The number of aromatic amines is 1. The van der Waals surface area contributed by atoms with Crippen molar-refractivity contribution in [3.63, 3.8) is 0 Å². The molecule has 0 unspecified atom stereocenters. The van der Waals surface area contributed by atoms with Crippen LogP contribution in [0.3, 0.4) is 0 Å². The zero-order valence-electron chi connectivity index (χ0n) is 15.8. The topological polar surface area (TPSA) is 101 Å². The first-order valence-electron chi connectivity index (χ1n) is 9.21. The monoisotopic (exact) mass is 407 g/mol. The Kier molecular flexibility index (Phi) is 6.84. The van der Waals surface area contributed by atoms with E-state index in [1.165, 1.54) is 16.6 Å². The van der Waals surface area contributed by atoms with E-state index in [1.54, 1.807) is 0 Å². The van der Waals surface area contributed by atoms with Crippen molar-refractivity contribution in [3.05, 3.63) is 53.3 Å². The maximum Gasteiger partial charge on any atom is 0.268 e. The van der Waals surface area contributed by atoms with Crippen LogP contribution in [-0.4, -0.2) is 56.5 Å². The maximum absolute atomic E-state index is 12.7. The molecule has 1 aromatic carbocycles. The molecule has 2 heterocycles. The summed E-state index contributed by atoms with van der Waals surface area (Å²) >= 11 is 0. The number of amides is 1. The molecule has 0 atom stereocenters. The number of rotatable bonds is 8. The number of carbonyl (C=O) groups is 1. The van der Waals surface area contributed by atoms with Crippen molar-refractivity contribution in [2.75, 3.05) is 32.9 Å². The molecule has 0 saturated carbocycles. The van der Waals surface area contributed by atoms with Crippen LogP contribution in [0.25, 0.3) is 0 Å². The van der Waals surface area contributed by atoms with E-state index in [4.69, 9.17) is 9.47 Å². The lowest BCUT2D eigenvalue weighted by molar-refractivity contribution is 0.0730. The number of hydrogen-bond donors (Lipinski definition) is 2. The van der Waals surface area contributed by atoms with Crippen LogP contribution in [0.1, 0.15) is 28.5 Å². The molecule has 0 bridgehead atoms. The minimum Gasteiger partial charge on any atom is -0.379 e. The largest absolute Gasteiger partial charge is 0.379 e. The van der Waals surface area contributed by atoms with E-state index in [0.29, 0.717) is 46.1 Å². The number of H-pyrrole nitrogens is 1. The second-order valence-electron chi connectivity index (χ2n) is 6.35. The van der Waals surface area contributed by atoms with E-state index < -0.39 is 10.0 Å². The van der Waals surface area contributed by atoms with Crippen molar-refractivity contribution in [1.29, 1.82) is 0 Å². The predicted molar refractivity (Wildman–Crippen MR) is 103 cm³/mol. The third-order valence-electron chi connectivity index (χ3n) is 4.53. The number of hydrogen-bond acceptors (Lipinski definition) is 5. The molecule has 2 N–H and O–H groups in total. The van der Waals surface area contributed by atoms with Crippen LogP contribution >= 0.6 is 0 Å². The fraction of sp³-hybridized carbons (Fsp3) is 0.421. The van der Waals surface area contributed by atoms with E-state index in [9.17, 15) is 13.2 Å². The quantitative estimate of drug-likeness (QED) is 0.691. The summed E-state index contributed by atoms with van der Waals surface area (Å²) in [6.07, 6.45) is 1.35. The number of carbonyl (C=O) groups excluding carboxylic acids is 1. The summed E-state index contributed by atoms with van der Waals surface area (Å²) in [6.45, 7) is 4.72. The SMILES string of the molecule is CCOCc1ccccc1CNC(=O)c1cc(S(=O)(=O)N2CCOCC2)c[nH]1. The molecule has 0 spiro atoms. The lowest BCUT2D eigenvalue weighted by Gasteiger charge is -2.25. The number of nitrogens with zero attached hydrogens (tertiary/aromatic N) is 1. The van der Waals surface area contributed by atoms with E-state index in [2.05, 4.69) is 10.3 Å². The average Bonchev–Trinajstić information content (AvgIpc) is 3.23. The minimum absolute atomic E-state index is 0.0799. The highest BCUT2D eigenvalue weighted by molar-refractivity contribution is 7.89. The number of ether oxygens (including phenoxy) is 2. The molecule has 0 radical (unpaired) electrons. The molecule has 3 rings (SSSR count). The van der Waals surface area contributed by atoms with Gasteiger partial charge in [-0.2, -0.15) is 4.31 Å². The Hall–Kier alpha value is -2.20. The lowest BCUT2D eigenvalue weighted by Crippen LogP contribution is -2.40. The molecule has 28 heavy (non-hydrogen) atoms. The Morgan fingerprint density at radius 1 is 1.25 bits per heavy atom. The van der Waals surface area contributed by atoms with E-state index >= 15 is 0 Å². The van der Waals surface area contributed by atoms with Gasteiger partial charge in [0, 0.05) is 32.4 Å².